The van der Waals surface area contributed by atoms with E-state index < -0.39 is 5.97 Å². The van der Waals surface area contributed by atoms with Crippen LogP contribution in [-0.4, -0.2) is 18.1 Å². The molecule has 0 N–H and O–H groups in total. The van der Waals surface area contributed by atoms with E-state index in [1.807, 2.05) is 42.5 Å². The molecule has 0 radical (unpaired) electrons. The molecule has 3 aromatic rings. The SMILES string of the molecule is COC(=O)c1nc(Br)sc1-c1cccc2ccccc12. The molecule has 100 valence electrons. The number of hydrogen-bond acceptors (Lipinski definition) is 4. The van der Waals surface area contributed by atoms with Gasteiger partial charge in [-0.2, -0.15) is 0 Å². The minimum atomic E-state index is -0.421. The van der Waals surface area contributed by atoms with E-state index in [4.69, 9.17) is 4.74 Å². The summed E-state index contributed by atoms with van der Waals surface area (Å²) >= 11 is 4.77. The quantitative estimate of drug-likeness (QED) is 0.640. The fourth-order valence-corrected chi connectivity index (χ4v) is 3.62. The van der Waals surface area contributed by atoms with Crippen LogP contribution in [0.3, 0.4) is 0 Å². The standard InChI is InChI=1S/C15H10BrNO2S/c1-19-14(18)12-13(20-15(16)17-12)11-8-4-6-9-5-2-3-7-10(9)11/h2-8H,1H3. The third-order valence-corrected chi connectivity index (χ3v) is 4.55. The number of rotatable bonds is 2. The first-order chi connectivity index (χ1) is 9.70. The zero-order valence-electron chi connectivity index (χ0n) is 10.6. The van der Waals surface area contributed by atoms with Crippen molar-refractivity contribution in [3.63, 3.8) is 0 Å². The van der Waals surface area contributed by atoms with Gasteiger partial charge in [0.2, 0.25) is 0 Å². The van der Waals surface area contributed by atoms with Gasteiger partial charge >= 0.3 is 5.97 Å². The normalized spacial score (nSPS) is 10.7. The van der Waals surface area contributed by atoms with Gasteiger partial charge in [0.05, 0.1) is 12.0 Å². The molecule has 0 aliphatic carbocycles. The summed E-state index contributed by atoms with van der Waals surface area (Å²) in [6, 6.07) is 14.1. The van der Waals surface area contributed by atoms with Crippen LogP contribution < -0.4 is 0 Å². The second-order valence-corrected chi connectivity index (χ2v) is 6.44. The molecule has 0 aliphatic rings. The molecule has 0 amide bonds. The maximum atomic E-state index is 11.9. The smallest absolute Gasteiger partial charge is 0.358 e. The van der Waals surface area contributed by atoms with Crippen molar-refractivity contribution >= 4 is 44.0 Å². The van der Waals surface area contributed by atoms with Crippen LogP contribution in [0.4, 0.5) is 0 Å². The Morgan fingerprint density at radius 2 is 1.95 bits per heavy atom. The number of benzene rings is 2. The highest BCUT2D eigenvalue weighted by Gasteiger charge is 2.20. The van der Waals surface area contributed by atoms with Crippen LogP contribution in [0.1, 0.15) is 10.5 Å². The summed E-state index contributed by atoms with van der Waals surface area (Å²) in [5, 5.41) is 2.22. The van der Waals surface area contributed by atoms with Crippen molar-refractivity contribution in [1.82, 2.24) is 4.98 Å². The second-order valence-electron chi connectivity index (χ2n) is 4.16. The van der Waals surface area contributed by atoms with Crippen LogP contribution in [0.2, 0.25) is 0 Å². The maximum Gasteiger partial charge on any atom is 0.358 e. The lowest BCUT2D eigenvalue weighted by atomic mass is 10.0. The highest BCUT2D eigenvalue weighted by atomic mass is 79.9. The van der Waals surface area contributed by atoms with Crippen LogP contribution in [0, 0.1) is 0 Å². The molecule has 20 heavy (non-hydrogen) atoms. The number of fused-ring (bicyclic) bond motifs is 1. The number of aromatic nitrogens is 1. The molecule has 3 rings (SSSR count). The predicted molar refractivity (Wildman–Crippen MR) is 84.1 cm³/mol. The molecule has 3 nitrogen and oxygen atoms in total. The summed E-state index contributed by atoms with van der Waals surface area (Å²) in [4.78, 5) is 16.9. The van der Waals surface area contributed by atoms with E-state index in [-0.39, 0.29) is 0 Å². The number of thiazole rings is 1. The lowest BCUT2D eigenvalue weighted by Crippen LogP contribution is -2.03. The number of carbonyl (C=O) groups excluding carboxylic acids is 1. The van der Waals surface area contributed by atoms with Crippen molar-refractivity contribution in [3.8, 4) is 10.4 Å². The molecule has 5 heteroatoms. The molecule has 1 aromatic heterocycles. The van der Waals surface area contributed by atoms with Gasteiger partial charge in [-0.3, -0.25) is 0 Å². The van der Waals surface area contributed by atoms with Crippen LogP contribution in [0.5, 0.6) is 0 Å². The summed E-state index contributed by atoms with van der Waals surface area (Å²) in [7, 11) is 1.36. The second kappa shape index (κ2) is 5.34. The first-order valence-electron chi connectivity index (χ1n) is 5.93. The molecule has 0 fully saturated rings. The Labute approximate surface area is 128 Å². The van der Waals surface area contributed by atoms with E-state index >= 15 is 0 Å². The average Bonchev–Trinajstić information content (AvgIpc) is 2.87. The van der Waals surface area contributed by atoms with Gasteiger partial charge in [-0.25, -0.2) is 9.78 Å². The van der Waals surface area contributed by atoms with Crippen molar-refractivity contribution in [2.75, 3.05) is 7.11 Å². The first kappa shape index (κ1) is 13.3. The van der Waals surface area contributed by atoms with Crippen LogP contribution in [0.25, 0.3) is 21.2 Å². The van der Waals surface area contributed by atoms with Crippen molar-refractivity contribution in [1.29, 1.82) is 0 Å². The van der Waals surface area contributed by atoms with E-state index in [9.17, 15) is 4.79 Å². The zero-order chi connectivity index (χ0) is 14.1. The topological polar surface area (TPSA) is 39.2 Å². The Morgan fingerprint density at radius 1 is 1.20 bits per heavy atom. The van der Waals surface area contributed by atoms with Gasteiger partial charge in [0.1, 0.15) is 0 Å². The lowest BCUT2D eigenvalue weighted by molar-refractivity contribution is 0.0595. The average molecular weight is 348 g/mol. The number of methoxy groups -OCH3 is 1. The zero-order valence-corrected chi connectivity index (χ0v) is 13.0. The molecule has 0 saturated heterocycles. The fraction of sp³-hybridized carbons (Fsp3) is 0.0667. The molecular weight excluding hydrogens is 338 g/mol. The van der Waals surface area contributed by atoms with Crippen LogP contribution >= 0.6 is 27.3 Å². The largest absolute Gasteiger partial charge is 0.464 e. The van der Waals surface area contributed by atoms with E-state index in [2.05, 4.69) is 20.9 Å². The van der Waals surface area contributed by atoms with Gasteiger partial charge in [0.25, 0.3) is 0 Å². The minimum Gasteiger partial charge on any atom is -0.464 e. The predicted octanol–water partition coefficient (Wildman–Crippen LogP) is 4.51. The van der Waals surface area contributed by atoms with Gasteiger partial charge < -0.3 is 4.74 Å². The number of halogens is 1. The van der Waals surface area contributed by atoms with Gasteiger partial charge in [-0.1, -0.05) is 42.5 Å². The summed E-state index contributed by atoms with van der Waals surface area (Å²) in [6.45, 7) is 0. The Kier molecular flexibility index (Phi) is 3.54. The summed E-state index contributed by atoms with van der Waals surface area (Å²) < 4.78 is 5.48. The van der Waals surface area contributed by atoms with Gasteiger partial charge in [-0.05, 0) is 26.7 Å². The van der Waals surface area contributed by atoms with Crippen molar-refractivity contribution < 1.29 is 9.53 Å². The number of nitrogens with zero attached hydrogens (tertiary/aromatic N) is 1. The Morgan fingerprint density at radius 3 is 2.75 bits per heavy atom. The maximum absolute atomic E-state index is 11.9. The summed E-state index contributed by atoms with van der Waals surface area (Å²) in [6.07, 6.45) is 0. The van der Waals surface area contributed by atoms with Crippen molar-refractivity contribution in [2.24, 2.45) is 0 Å². The summed E-state index contributed by atoms with van der Waals surface area (Å²) in [5.74, 6) is -0.421. The van der Waals surface area contributed by atoms with Gasteiger partial charge in [0, 0.05) is 5.56 Å². The molecular formula is C15H10BrNO2S. The third kappa shape index (κ3) is 2.23. The molecule has 0 saturated carbocycles. The number of hydrogen-bond donors (Lipinski definition) is 0. The Balaban J connectivity index is 2.29. The van der Waals surface area contributed by atoms with E-state index in [1.165, 1.54) is 18.4 Å². The molecule has 0 spiro atoms. The van der Waals surface area contributed by atoms with E-state index in [0.29, 0.717) is 9.61 Å². The van der Waals surface area contributed by atoms with Gasteiger partial charge in [-0.15, -0.1) is 11.3 Å². The lowest BCUT2D eigenvalue weighted by Gasteiger charge is -2.05. The van der Waals surface area contributed by atoms with Gasteiger partial charge in [0.15, 0.2) is 9.61 Å². The van der Waals surface area contributed by atoms with E-state index in [1.54, 1.807) is 0 Å². The van der Waals surface area contributed by atoms with E-state index in [0.717, 1.165) is 21.2 Å². The molecule has 0 unspecified atom stereocenters. The number of esters is 1. The highest BCUT2D eigenvalue weighted by Crippen LogP contribution is 2.37. The van der Waals surface area contributed by atoms with Crippen molar-refractivity contribution in [3.05, 3.63) is 52.1 Å². The van der Waals surface area contributed by atoms with Crippen LogP contribution in [-0.2, 0) is 4.74 Å². The molecule has 0 atom stereocenters. The Hall–Kier alpha value is -1.72. The van der Waals surface area contributed by atoms with Crippen LogP contribution in [0.15, 0.2) is 46.4 Å². The number of carbonyl (C=O) groups is 1. The minimum absolute atomic E-state index is 0.348. The molecule has 2 aromatic carbocycles. The fourth-order valence-electron chi connectivity index (χ4n) is 2.14. The third-order valence-electron chi connectivity index (χ3n) is 3.01. The molecule has 1 heterocycles. The number of ether oxygens (including phenoxy) is 1. The first-order valence-corrected chi connectivity index (χ1v) is 7.54. The highest BCUT2D eigenvalue weighted by molar-refractivity contribution is 9.11. The molecule has 0 bridgehead atoms. The summed E-state index contributed by atoms with van der Waals surface area (Å²) in [5.41, 5.74) is 1.34. The molecule has 0 aliphatic heterocycles. The monoisotopic (exact) mass is 347 g/mol. The Bertz CT molecular complexity index is 792. The van der Waals surface area contributed by atoms with Crippen molar-refractivity contribution in [2.45, 2.75) is 0 Å².